The van der Waals surface area contributed by atoms with Gasteiger partial charge < -0.3 is 5.11 Å². The zero-order valence-corrected chi connectivity index (χ0v) is 17.8. The molecule has 0 aliphatic heterocycles. The summed E-state index contributed by atoms with van der Waals surface area (Å²) in [6.45, 7) is 8.66. The molecule has 6 nitrogen and oxygen atoms in total. The summed E-state index contributed by atoms with van der Waals surface area (Å²) in [6.07, 6.45) is 3.33. The molecule has 0 saturated heterocycles. The van der Waals surface area contributed by atoms with Crippen LogP contribution in [-0.2, 0) is 14.8 Å². The maximum absolute atomic E-state index is 13.2. The van der Waals surface area contributed by atoms with Crippen molar-refractivity contribution in [1.29, 1.82) is 0 Å². The van der Waals surface area contributed by atoms with Crippen LogP contribution in [0.4, 0.5) is 0 Å². The number of pyridine rings is 1. The Morgan fingerprint density at radius 2 is 1.41 bits per heavy atom. The summed E-state index contributed by atoms with van der Waals surface area (Å²) in [4.78, 5) is 13.2. The van der Waals surface area contributed by atoms with E-state index in [2.05, 4.69) is 4.40 Å². The zero-order valence-electron chi connectivity index (χ0n) is 17.0. The smallest absolute Gasteiger partial charge is 0.282 e. The van der Waals surface area contributed by atoms with E-state index in [4.69, 9.17) is 0 Å². The monoisotopic (exact) mass is 410 g/mol. The largest absolute Gasteiger partial charge is 0.868 e. The highest BCUT2D eigenvalue weighted by Crippen LogP contribution is 2.25. The Hall–Kier alpha value is -3.06. The maximum Gasteiger partial charge on any atom is 0.282 e. The molecular weight excluding hydrogens is 388 g/mol. The normalized spacial score (nSPS) is 16.7. The lowest BCUT2D eigenvalue weighted by Gasteiger charge is -2.23. The number of hydrogen-bond acceptors (Lipinski definition) is 4. The van der Waals surface area contributed by atoms with Crippen molar-refractivity contribution in [2.45, 2.75) is 39.5 Å². The van der Waals surface area contributed by atoms with Crippen molar-refractivity contribution in [1.82, 2.24) is 0 Å². The summed E-state index contributed by atoms with van der Waals surface area (Å²) in [5, 5.41) is 12.8. The van der Waals surface area contributed by atoms with Crippen LogP contribution in [0.3, 0.4) is 0 Å². The molecule has 0 fully saturated rings. The van der Waals surface area contributed by atoms with E-state index in [1.165, 1.54) is 23.6 Å². The number of rotatable bonds is 3. The average molecular weight is 410 g/mol. The second kappa shape index (κ2) is 7.40. The summed E-state index contributed by atoms with van der Waals surface area (Å²) in [6, 6.07) is 8.14. The molecule has 0 spiro atoms. The third-order valence-electron chi connectivity index (χ3n) is 4.83. The van der Waals surface area contributed by atoms with Crippen LogP contribution in [0.1, 0.15) is 30.5 Å². The van der Waals surface area contributed by atoms with Crippen LogP contribution < -0.4 is 9.67 Å². The van der Waals surface area contributed by atoms with E-state index in [0.29, 0.717) is 5.57 Å². The Morgan fingerprint density at radius 3 is 1.97 bits per heavy atom. The van der Waals surface area contributed by atoms with Gasteiger partial charge in [0, 0.05) is 11.1 Å². The molecule has 0 atom stereocenters. The second-order valence-electron chi connectivity index (χ2n) is 7.28. The summed E-state index contributed by atoms with van der Waals surface area (Å²) in [5.74, 6) is -1.14. The van der Waals surface area contributed by atoms with E-state index in [-0.39, 0.29) is 21.9 Å². The standard InChI is InChI=1S/C22H22N2O4S/c1-13-6-8-18(9-7-13)29(27,28)23-19-16(4)17(5)21(25)20(22(19)26)24-11-14(2)10-15(3)12-24/h6-12H,1-5H3. The van der Waals surface area contributed by atoms with Crippen molar-refractivity contribution in [3.8, 4) is 0 Å². The molecule has 1 aliphatic rings. The first-order valence-corrected chi connectivity index (χ1v) is 10.5. The molecule has 0 radical (unpaired) electrons. The molecule has 0 bridgehead atoms. The van der Waals surface area contributed by atoms with E-state index >= 15 is 0 Å². The topological polar surface area (TPSA) is 90.5 Å². The van der Waals surface area contributed by atoms with Gasteiger partial charge >= 0.3 is 0 Å². The second-order valence-corrected chi connectivity index (χ2v) is 8.89. The number of ketones is 1. The predicted molar refractivity (Wildman–Crippen MR) is 109 cm³/mol. The van der Waals surface area contributed by atoms with Crippen LogP contribution in [0.15, 0.2) is 68.9 Å². The minimum atomic E-state index is -4.11. The highest BCUT2D eigenvalue weighted by Gasteiger charge is 2.34. The Labute approximate surface area is 170 Å². The maximum atomic E-state index is 13.2. The Morgan fingerprint density at radius 1 is 0.862 bits per heavy atom. The van der Waals surface area contributed by atoms with Crippen LogP contribution in [0.5, 0.6) is 0 Å². The van der Waals surface area contributed by atoms with Gasteiger partial charge in [0.15, 0.2) is 12.4 Å². The Bertz CT molecular complexity index is 1200. The number of aryl methyl sites for hydroxylation is 3. The molecule has 1 aromatic carbocycles. The van der Waals surface area contributed by atoms with Gasteiger partial charge in [0.1, 0.15) is 5.71 Å². The fourth-order valence-corrected chi connectivity index (χ4v) is 4.22. The number of sulfonamides is 1. The Balaban J connectivity index is 2.18. The Kier molecular flexibility index (Phi) is 5.28. The molecule has 0 amide bonds. The molecule has 29 heavy (non-hydrogen) atoms. The van der Waals surface area contributed by atoms with Crippen molar-refractivity contribution in [2.75, 3.05) is 0 Å². The van der Waals surface area contributed by atoms with Crippen molar-refractivity contribution in [3.05, 3.63) is 76.3 Å². The van der Waals surface area contributed by atoms with Crippen LogP contribution in [0, 0.1) is 20.8 Å². The third kappa shape index (κ3) is 3.91. The van der Waals surface area contributed by atoms with Crippen LogP contribution in [-0.4, -0.2) is 19.9 Å². The fraction of sp³-hybridized carbons (Fsp3) is 0.227. The summed E-state index contributed by atoms with van der Waals surface area (Å²) in [7, 11) is -4.11. The number of hydrogen-bond donors (Lipinski definition) is 0. The highest BCUT2D eigenvalue weighted by atomic mass is 32.2. The number of benzene rings is 1. The van der Waals surface area contributed by atoms with Crippen LogP contribution in [0.25, 0.3) is 5.70 Å². The van der Waals surface area contributed by atoms with Gasteiger partial charge in [0.05, 0.1) is 4.90 Å². The summed E-state index contributed by atoms with van der Waals surface area (Å²) >= 11 is 0. The van der Waals surface area contributed by atoms with Crippen molar-refractivity contribution < 1.29 is 22.9 Å². The van der Waals surface area contributed by atoms with Crippen LogP contribution in [0.2, 0.25) is 0 Å². The molecule has 1 heterocycles. The number of carbonyl (C=O) groups excluding carboxylic acids is 1. The first-order valence-electron chi connectivity index (χ1n) is 9.07. The number of nitrogens with zero attached hydrogens (tertiary/aromatic N) is 2. The highest BCUT2D eigenvalue weighted by molar-refractivity contribution is 7.90. The number of aromatic nitrogens is 1. The first-order chi connectivity index (χ1) is 13.5. The molecule has 7 heteroatoms. The van der Waals surface area contributed by atoms with Gasteiger partial charge in [-0.3, -0.25) is 4.79 Å². The molecule has 0 N–H and O–H groups in total. The van der Waals surface area contributed by atoms with Crippen molar-refractivity contribution in [3.63, 3.8) is 0 Å². The lowest BCUT2D eigenvalue weighted by molar-refractivity contribution is -0.582. The SMILES string of the molecule is CC1=C(C)C([O-])=C([n+]2cc(C)cc(C)c2)C(=O)C1=NS(=O)(=O)c1ccc(C)cc1. The quantitative estimate of drug-likeness (QED) is 0.573. The average Bonchev–Trinajstić information content (AvgIpc) is 2.63. The lowest BCUT2D eigenvalue weighted by Crippen LogP contribution is -2.44. The van der Waals surface area contributed by atoms with E-state index in [9.17, 15) is 18.3 Å². The van der Waals surface area contributed by atoms with Gasteiger partial charge in [0.25, 0.3) is 21.5 Å². The molecule has 1 aromatic heterocycles. The molecular formula is C22H22N2O4S. The van der Waals surface area contributed by atoms with Crippen molar-refractivity contribution in [2.24, 2.45) is 4.40 Å². The van der Waals surface area contributed by atoms with Gasteiger partial charge in [-0.25, -0.2) is 0 Å². The number of carbonyl (C=O) groups is 1. The van der Waals surface area contributed by atoms with Gasteiger partial charge in [0.2, 0.25) is 0 Å². The molecule has 3 rings (SSSR count). The van der Waals surface area contributed by atoms with Crippen molar-refractivity contribution >= 4 is 27.2 Å². The molecule has 150 valence electrons. The number of Topliss-reactive ketones (excluding diaryl/α,β-unsaturated/α-hetero) is 1. The predicted octanol–water partition coefficient (Wildman–Crippen LogP) is 2.18. The fourth-order valence-electron chi connectivity index (χ4n) is 3.18. The zero-order chi connectivity index (χ0) is 21.5. The minimum absolute atomic E-state index is 0.00800. The van der Waals surface area contributed by atoms with E-state index in [1.54, 1.807) is 31.5 Å². The van der Waals surface area contributed by atoms with Crippen LogP contribution >= 0.6 is 0 Å². The lowest BCUT2D eigenvalue weighted by atomic mass is 9.92. The molecule has 2 aromatic rings. The number of allylic oxidation sites excluding steroid dienone is 3. The minimum Gasteiger partial charge on any atom is -0.868 e. The van der Waals surface area contributed by atoms with E-state index in [0.717, 1.165) is 16.7 Å². The summed E-state index contributed by atoms with van der Waals surface area (Å²) in [5.41, 5.74) is 2.85. The van der Waals surface area contributed by atoms with Gasteiger partial charge in [-0.05, 0) is 69.7 Å². The molecule has 0 unspecified atom stereocenters. The van der Waals surface area contributed by atoms with Gasteiger partial charge in [-0.1, -0.05) is 17.7 Å². The van der Waals surface area contributed by atoms with E-state index in [1.807, 2.05) is 26.8 Å². The van der Waals surface area contributed by atoms with Gasteiger partial charge in [-0.15, -0.1) is 0 Å². The summed E-state index contributed by atoms with van der Waals surface area (Å²) < 4.78 is 30.8. The molecule has 1 aliphatic carbocycles. The molecule has 0 saturated carbocycles. The first kappa shape index (κ1) is 20.7. The van der Waals surface area contributed by atoms with Gasteiger partial charge in [-0.2, -0.15) is 17.4 Å². The van der Waals surface area contributed by atoms with E-state index < -0.39 is 21.6 Å². The third-order valence-corrected chi connectivity index (χ3v) is 6.12.